The van der Waals surface area contributed by atoms with Crippen LogP contribution in [0.2, 0.25) is 0 Å². The van der Waals surface area contributed by atoms with Gasteiger partial charge in [0.2, 0.25) is 0 Å². The lowest BCUT2D eigenvalue weighted by molar-refractivity contribution is -0.136. The van der Waals surface area contributed by atoms with Gasteiger partial charge in [0.25, 0.3) is 0 Å². The molecule has 82 valence electrons. The first kappa shape index (κ1) is 11.1. The number of aromatic hydroxyl groups is 2. The number of carbonyl (C=O) groups is 1. The van der Waals surface area contributed by atoms with Crippen LogP contribution in [0.1, 0.15) is 5.56 Å². The molecular formula is C9H9FO5. The van der Waals surface area contributed by atoms with Gasteiger partial charge in [0.1, 0.15) is 0 Å². The molecule has 1 aromatic rings. The third-order valence-electron chi connectivity index (χ3n) is 1.83. The first-order chi connectivity index (χ1) is 6.97. The van der Waals surface area contributed by atoms with Crippen molar-refractivity contribution in [3.63, 3.8) is 0 Å². The quantitative estimate of drug-likeness (QED) is 0.652. The van der Waals surface area contributed by atoms with Crippen LogP contribution in [0.4, 0.5) is 4.39 Å². The van der Waals surface area contributed by atoms with Crippen LogP contribution in [0.25, 0.3) is 0 Å². The summed E-state index contributed by atoms with van der Waals surface area (Å²) in [5.41, 5.74) is -0.501. The number of phenolic OH excluding ortho intramolecular Hbond substituents is 2. The zero-order valence-electron chi connectivity index (χ0n) is 7.82. The van der Waals surface area contributed by atoms with Crippen molar-refractivity contribution in [1.82, 2.24) is 0 Å². The highest BCUT2D eigenvalue weighted by Gasteiger charge is 2.20. The molecule has 6 heteroatoms. The van der Waals surface area contributed by atoms with Crippen LogP contribution >= 0.6 is 0 Å². The molecular weight excluding hydrogens is 207 g/mol. The van der Waals surface area contributed by atoms with Gasteiger partial charge in [-0.2, -0.15) is 0 Å². The molecule has 5 nitrogen and oxygen atoms in total. The Labute approximate surface area is 84.3 Å². The van der Waals surface area contributed by atoms with Crippen LogP contribution in [0, 0.1) is 5.82 Å². The predicted octanol–water partition coefficient (Wildman–Crippen LogP) is 0.873. The van der Waals surface area contributed by atoms with E-state index in [2.05, 4.69) is 4.74 Å². The first-order valence-corrected chi connectivity index (χ1v) is 3.96. The van der Waals surface area contributed by atoms with Gasteiger partial charge >= 0.3 is 5.97 Å². The second-order valence-electron chi connectivity index (χ2n) is 2.81. The average molecular weight is 216 g/mol. The van der Waals surface area contributed by atoms with Gasteiger partial charge in [-0.3, -0.25) is 4.79 Å². The Morgan fingerprint density at radius 2 is 2.13 bits per heavy atom. The van der Waals surface area contributed by atoms with Gasteiger partial charge in [-0.25, -0.2) is 4.39 Å². The number of aliphatic carboxylic acids is 1. The van der Waals surface area contributed by atoms with Gasteiger partial charge in [0.05, 0.1) is 13.5 Å². The summed E-state index contributed by atoms with van der Waals surface area (Å²) in [4.78, 5) is 10.4. The zero-order chi connectivity index (χ0) is 11.6. The Kier molecular flexibility index (Phi) is 2.99. The highest BCUT2D eigenvalue weighted by Crippen LogP contribution is 2.37. The third kappa shape index (κ3) is 2.09. The summed E-state index contributed by atoms with van der Waals surface area (Å²) in [5.74, 6) is -4.03. The summed E-state index contributed by atoms with van der Waals surface area (Å²) in [6.07, 6.45) is -0.734. The SMILES string of the molecule is COc1cc(O)c(O)c(CC(=O)O)c1F. The number of phenols is 2. The molecule has 0 atom stereocenters. The number of ether oxygens (including phenoxy) is 1. The largest absolute Gasteiger partial charge is 0.504 e. The Morgan fingerprint density at radius 1 is 1.53 bits per heavy atom. The van der Waals surface area contributed by atoms with Gasteiger partial charge in [-0.15, -0.1) is 0 Å². The number of halogens is 1. The van der Waals surface area contributed by atoms with Crippen LogP contribution in [0.5, 0.6) is 17.2 Å². The molecule has 0 fully saturated rings. The van der Waals surface area contributed by atoms with E-state index in [1.54, 1.807) is 0 Å². The van der Waals surface area contributed by atoms with Crippen LogP contribution in [-0.4, -0.2) is 28.4 Å². The topological polar surface area (TPSA) is 87.0 Å². The molecule has 0 unspecified atom stereocenters. The van der Waals surface area contributed by atoms with Gasteiger partial charge in [-0.1, -0.05) is 0 Å². The molecule has 0 aliphatic heterocycles. The van der Waals surface area contributed by atoms with Gasteiger partial charge in [0.15, 0.2) is 23.1 Å². The van der Waals surface area contributed by atoms with E-state index >= 15 is 0 Å². The van der Waals surface area contributed by atoms with Gasteiger partial charge in [-0.05, 0) is 0 Å². The first-order valence-electron chi connectivity index (χ1n) is 3.96. The predicted molar refractivity (Wildman–Crippen MR) is 47.6 cm³/mol. The molecule has 0 bridgehead atoms. The summed E-state index contributed by atoms with van der Waals surface area (Å²) in [6.45, 7) is 0. The zero-order valence-corrected chi connectivity index (χ0v) is 7.82. The monoisotopic (exact) mass is 216 g/mol. The van der Waals surface area contributed by atoms with Crippen molar-refractivity contribution in [2.24, 2.45) is 0 Å². The summed E-state index contributed by atoms with van der Waals surface area (Å²) < 4.78 is 18.0. The minimum Gasteiger partial charge on any atom is -0.504 e. The Morgan fingerprint density at radius 3 is 2.60 bits per heavy atom. The van der Waals surface area contributed by atoms with E-state index in [0.717, 1.165) is 6.07 Å². The maximum atomic E-state index is 13.4. The van der Waals surface area contributed by atoms with E-state index in [1.165, 1.54) is 7.11 Å². The standard InChI is InChI=1S/C9H9FO5/c1-15-6-3-5(11)9(14)4(8(6)10)2-7(12)13/h3,11,14H,2H2,1H3,(H,12,13). The highest BCUT2D eigenvalue weighted by atomic mass is 19.1. The summed E-state index contributed by atoms with van der Waals surface area (Å²) in [6, 6.07) is 0.871. The van der Waals surface area contributed by atoms with Crippen molar-refractivity contribution in [2.45, 2.75) is 6.42 Å². The summed E-state index contributed by atoms with van der Waals surface area (Å²) >= 11 is 0. The number of carboxylic acids is 1. The minimum atomic E-state index is -1.32. The summed E-state index contributed by atoms with van der Waals surface area (Å²) in [5, 5.41) is 26.9. The third-order valence-corrected chi connectivity index (χ3v) is 1.83. The molecule has 0 amide bonds. The number of carboxylic acid groups (broad SMARTS) is 1. The van der Waals surface area contributed by atoms with Crippen LogP contribution in [-0.2, 0) is 11.2 Å². The Bertz CT molecular complexity index is 402. The average Bonchev–Trinajstić information content (AvgIpc) is 2.18. The molecule has 0 aliphatic carbocycles. The number of rotatable bonds is 3. The second kappa shape index (κ2) is 4.04. The maximum absolute atomic E-state index is 13.4. The number of benzene rings is 1. The van der Waals surface area contributed by atoms with Crippen molar-refractivity contribution in [3.8, 4) is 17.2 Å². The molecule has 0 radical (unpaired) electrons. The minimum absolute atomic E-state index is 0.318. The molecule has 0 aliphatic rings. The molecule has 0 heterocycles. The van der Waals surface area contributed by atoms with E-state index in [4.69, 9.17) is 10.2 Å². The van der Waals surface area contributed by atoms with Crippen molar-refractivity contribution in [1.29, 1.82) is 0 Å². The normalized spacial score (nSPS) is 10.0. The lowest BCUT2D eigenvalue weighted by atomic mass is 10.1. The van der Waals surface area contributed by atoms with Crippen molar-refractivity contribution in [3.05, 3.63) is 17.4 Å². The van der Waals surface area contributed by atoms with Crippen molar-refractivity contribution in [2.75, 3.05) is 7.11 Å². The molecule has 15 heavy (non-hydrogen) atoms. The van der Waals surface area contributed by atoms with E-state index in [9.17, 15) is 14.3 Å². The molecule has 1 aromatic carbocycles. The fraction of sp³-hybridized carbons (Fsp3) is 0.222. The van der Waals surface area contributed by atoms with E-state index in [-0.39, 0.29) is 5.75 Å². The maximum Gasteiger partial charge on any atom is 0.308 e. The van der Waals surface area contributed by atoms with Crippen molar-refractivity contribution < 1.29 is 29.2 Å². The molecule has 0 aromatic heterocycles. The highest BCUT2D eigenvalue weighted by molar-refractivity contribution is 5.72. The van der Waals surface area contributed by atoms with E-state index < -0.39 is 35.3 Å². The second-order valence-corrected chi connectivity index (χ2v) is 2.81. The molecule has 0 spiro atoms. The lowest BCUT2D eigenvalue weighted by Crippen LogP contribution is -2.04. The number of hydrogen-bond acceptors (Lipinski definition) is 4. The fourth-order valence-electron chi connectivity index (χ4n) is 1.12. The smallest absolute Gasteiger partial charge is 0.308 e. The van der Waals surface area contributed by atoms with Crippen LogP contribution < -0.4 is 4.74 Å². The Balaban J connectivity index is 3.33. The molecule has 3 N–H and O–H groups in total. The molecule has 1 rings (SSSR count). The molecule has 0 saturated heterocycles. The molecule has 0 saturated carbocycles. The Hall–Kier alpha value is -1.98. The van der Waals surface area contributed by atoms with E-state index in [1.807, 2.05) is 0 Å². The van der Waals surface area contributed by atoms with Crippen LogP contribution in [0.3, 0.4) is 0 Å². The summed E-state index contributed by atoms with van der Waals surface area (Å²) in [7, 11) is 1.17. The van der Waals surface area contributed by atoms with Crippen molar-refractivity contribution >= 4 is 5.97 Å². The number of hydrogen-bond donors (Lipinski definition) is 3. The van der Waals surface area contributed by atoms with Gasteiger partial charge in [0, 0.05) is 11.6 Å². The number of methoxy groups -OCH3 is 1. The van der Waals surface area contributed by atoms with E-state index in [0.29, 0.717) is 0 Å². The fourth-order valence-corrected chi connectivity index (χ4v) is 1.12. The van der Waals surface area contributed by atoms with Gasteiger partial charge < -0.3 is 20.1 Å². The lowest BCUT2D eigenvalue weighted by Gasteiger charge is -2.09. The van der Waals surface area contributed by atoms with Crippen LogP contribution in [0.15, 0.2) is 6.07 Å².